The molecule has 2 nitrogen and oxygen atoms in total. The molecule has 0 radical (unpaired) electrons. The Balaban J connectivity index is 1.74. The molecule has 1 aliphatic rings. The molecule has 2 aromatic carbocycles. The molecule has 22 heavy (non-hydrogen) atoms. The third-order valence-corrected chi connectivity index (χ3v) is 4.83. The summed E-state index contributed by atoms with van der Waals surface area (Å²) in [6.45, 7) is 3.38. The molecule has 2 aromatic rings. The quantitative estimate of drug-likeness (QED) is 0.896. The minimum absolute atomic E-state index is 0.196. The monoisotopic (exact) mass is 362 g/mol. The van der Waals surface area contributed by atoms with E-state index < -0.39 is 0 Å². The summed E-state index contributed by atoms with van der Waals surface area (Å²) in [5.74, 6) is 0.723. The molecule has 2 atom stereocenters. The Bertz CT molecular complexity index is 612. The first-order valence-electron chi connectivity index (χ1n) is 7.58. The molecule has 0 amide bonds. The average molecular weight is 363 g/mol. The van der Waals surface area contributed by atoms with Gasteiger partial charge in [0.2, 0.25) is 0 Å². The van der Waals surface area contributed by atoms with Crippen LogP contribution in [0, 0.1) is 11.7 Å². The molecule has 1 saturated heterocycles. The van der Waals surface area contributed by atoms with Crippen LogP contribution in [-0.4, -0.2) is 24.5 Å². The Morgan fingerprint density at radius 1 is 1.14 bits per heavy atom. The van der Waals surface area contributed by atoms with Crippen LogP contribution in [0.1, 0.15) is 17.0 Å². The molecule has 2 N–H and O–H groups in total. The van der Waals surface area contributed by atoms with Gasteiger partial charge in [-0.15, -0.1) is 0 Å². The predicted octanol–water partition coefficient (Wildman–Crippen LogP) is 3.76. The molecule has 116 valence electrons. The lowest BCUT2D eigenvalue weighted by Crippen LogP contribution is -2.23. The van der Waals surface area contributed by atoms with E-state index in [1.807, 2.05) is 12.1 Å². The molecular formula is C18H20BrFN2. The third-order valence-electron chi connectivity index (χ3n) is 4.38. The first kappa shape index (κ1) is 15.7. The zero-order chi connectivity index (χ0) is 15.5. The maximum Gasteiger partial charge on any atom is 0.124 e. The Labute approximate surface area is 139 Å². The summed E-state index contributed by atoms with van der Waals surface area (Å²) in [6.07, 6.45) is 0. The Kier molecular flexibility index (Phi) is 4.91. The normalized spacial score (nSPS) is 22.1. The van der Waals surface area contributed by atoms with Gasteiger partial charge in [-0.1, -0.05) is 46.3 Å². The second-order valence-electron chi connectivity index (χ2n) is 5.98. The van der Waals surface area contributed by atoms with Gasteiger partial charge in [-0.2, -0.15) is 0 Å². The van der Waals surface area contributed by atoms with Crippen LogP contribution in [0.2, 0.25) is 0 Å². The van der Waals surface area contributed by atoms with Crippen molar-refractivity contribution in [2.45, 2.75) is 12.5 Å². The zero-order valence-electron chi connectivity index (χ0n) is 12.4. The highest BCUT2D eigenvalue weighted by molar-refractivity contribution is 9.10. The fourth-order valence-corrected chi connectivity index (χ4v) is 3.88. The average Bonchev–Trinajstić information content (AvgIpc) is 2.90. The second-order valence-corrected chi connectivity index (χ2v) is 6.90. The van der Waals surface area contributed by atoms with Gasteiger partial charge in [0, 0.05) is 30.0 Å². The van der Waals surface area contributed by atoms with Gasteiger partial charge < -0.3 is 5.73 Å². The molecule has 1 fully saturated rings. The number of benzene rings is 2. The van der Waals surface area contributed by atoms with Gasteiger partial charge in [0.15, 0.2) is 0 Å². The lowest BCUT2D eigenvalue weighted by Gasteiger charge is -2.17. The molecule has 0 aliphatic carbocycles. The summed E-state index contributed by atoms with van der Waals surface area (Å²) >= 11 is 3.36. The van der Waals surface area contributed by atoms with Crippen LogP contribution in [0.15, 0.2) is 53.0 Å². The van der Waals surface area contributed by atoms with Crippen LogP contribution in [0.5, 0.6) is 0 Å². The number of hydrogen-bond donors (Lipinski definition) is 1. The Morgan fingerprint density at radius 2 is 1.91 bits per heavy atom. The van der Waals surface area contributed by atoms with E-state index in [2.05, 4.69) is 45.1 Å². The maximum atomic E-state index is 13.5. The van der Waals surface area contributed by atoms with Crippen molar-refractivity contribution in [3.63, 3.8) is 0 Å². The van der Waals surface area contributed by atoms with E-state index in [0.29, 0.717) is 18.4 Å². The Morgan fingerprint density at radius 3 is 2.59 bits per heavy atom. The number of likely N-dealkylation sites (tertiary alicyclic amines) is 1. The zero-order valence-corrected chi connectivity index (χ0v) is 14.0. The third kappa shape index (κ3) is 3.57. The highest BCUT2D eigenvalue weighted by atomic mass is 79.9. The smallest absolute Gasteiger partial charge is 0.124 e. The second kappa shape index (κ2) is 6.90. The van der Waals surface area contributed by atoms with Gasteiger partial charge in [-0.3, -0.25) is 4.90 Å². The van der Waals surface area contributed by atoms with Gasteiger partial charge in [-0.25, -0.2) is 4.39 Å². The van der Waals surface area contributed by atoms with Crippen molar-refractivity contribution in [3.8, 4) is 0 Å². The maximum absolute atomic E-state index is 13.5. The van der Waals surface area contributed by atoms with E-state index in [1.54, 1.807) is 6.07 Å². The molecule has 0 aromatic heterocycles. The molecule has 0 saturated carbocycles. The van der Waals surface area contributed by atoms with Crippen molar-refractivity contribution in [1.82, 2.24) is 4.90 Å². The van der Waals surface area contributed by atoms with Crippen LogP contribution >= 0.6 is 15.9 Å². The number of nitrogens with two attached hydrogens (primary N) is 1. The molecular weight excluding hydrogens is 343 g/mol. The topological polar surface area (TPSA) is 29.3 Å². The van der Waals surface area contributed by atoms with Crippen LogP contribution in [-0.2, 0) is 6.54 Å². The van der Waals surface area contributed by atoms with Crippen LogP contribution in [0.3, 0.4) is 0 Å². The van der Waals surface area contributed by atoms with Crippen molar-refractivity contribution in [1.29, 1.82) is 0 Å². The fourth-order valence-electron chi connectivity index (χ4n) is 3.37. The highest BCUT2D eigenvalue weighted by Crippen LogP contribution is 2.33. The summed E-state index contributed by atoms with van der Waals surface area (Å²) in [6, 6.07) is 15.6. The number of nitrogens with zero attached hydrogens (tertiary/aromatic N) is 1. The van der Waals surface area contributed by atoms with Gasteiger partial charge in [-0.05, 0) is 41.8 Å². The summed E-state index contributed by atoms with van der Waals surface area (Å²) in [4.78, 5) is 2.37. The first-order chi connectivity index (χ1) is 10.7. The SMILES string of the molecule is NC[C@@H]1CN(Cc2cc(F)cc(Br)c2)C[C@H]1c1ccccc1. The minimum atomic E-state index is -0.196. The summed E-state index contributed by atoms with van der Waals surface area (Å²) < 4.78 is 14.3. The largest absolute Gasteiger partial charge is 0.330 e. The summed E-state index contributed by atoms with van der Waals surface area (Å²) in [5.41, 5.74) is 8.32. The Hall–Kier alpha value is -1.23. The first-order valence-corrected chi connectivity index (χ1v) is 8.37. The van der Waals surface area contributed by atoms with Crippen molar-refractivity contribution >= 4 is 15.9 Å². The fraction of sp³-hybridized carbons (Fsp3) is 0.333. The molecule has 1 aliphatic heterocycles. The minimum Gasteiger partial charge on any atom is -0.330 e. The molecule has 0 spiro atoms. The van der Waals surface area contributed by atoms with Crippen molar-refractivity contribution < 1.29 is 4.39 Å². The van der Waals surface area contributed by atoms with E-state index in [-0.39, 0.29) is 5.82 Å². The number of hydrogen-bond acceptors (Lipinski definition) is 2. The molecule has 3 rings (SSSR count). The number of halogens is 2. The van der Waals surface area contributed by atoms with Gasteiger partial charge in [0.05, 0.1) is 0 Å². The highest BCUT2D eigenvalue weighted by Gasteiger charge is 2.32. The lowest BCUT2D eigenvalue weighted by molar-refractivity contribution is 0.316. The van der Waals surface area contributed by atoms with Gasteiger partial charge in [0.1, 0.15) is 5.82 Å². The van der Waals surface area contributed by atoms with Crippen molar-refractivity contribution in [3.05, 3.63) is 69.9 Å². The summed E-state index contributed by atoms with van der Waals surface area (Å²) in [7, 11) is 0. The molecule has 1 heterocycles. The van der Waals surface area contributed by atoms with E-state index in [4.69, 9.17) is 5.73 Å². The van der Waals surface area contributed by atoms with Crippen molar-refractivity contribution in [2.24, 2.45) is 11.7 Å². The van der Waals surface area contributed by atoms with E-state index in [1.165, 1.54) is 11.6 Å². The standard InChI is InChI=1S/C18H20BrFN2/c19-16-6-13(7-17(20)8-16)10-22-11-15(9-21)18(12-22)14-4-2-1-3-5-14/h1-8,15,18H,9-12,21H2/t15-,18+/m1/s1. The lowest BCUT2D eigenvalue weighted by atomic mass is 9.89. The van der Waals surface area contributed by atoms with E-state index >= 15 is 0 Å². The predicted molar refractivity (Wildman–Crippen MR) is 91.1 cm³/mol. The number of rotatable bonds is 4. The molecule has 0 unspecified atom stereocenters. The molecule has 4 heteroatoms. The van der Waals surface area contributed by atoms with Crippen LogP contribution < -0.4 is 5.73 Å². The summed E-state index contributed by atoms with van der Waals surface area (Å²) in [5, 5.41) is 0. The van der Waals surface area contributed by atoms with E-state index in [9.17, 15) is 4.39 Å². The van der Waals surface area contributed by atoms with Gasteiger partial charge >= 0.3 is 0 Å². The van der Waals surface area contributed by atoms with E-state index in [0.717, 1.165) is 29.7 Å². The van der Waals surface area contributed by atoms with Gasteiger partial charge in [0.25, 0.3) is 0 Å². The van der Waals surface area contributed by atoms with Crippen LogP contribution in [0.25, 0.3) is 0 Å². The van der Waals surface area contributed by atoms with Crippen LogP contribution in [0.4, 0.5) is 4.39 Å². The van der Waals surface area contributed by atoms with Crippen molar-refractivity contribution in [2.75, 3.05) is 19.6 Å². The molecule has 0 bridgehead atoms.